The summed E-state index contributed by atoms with van der Waals surface area (Å²) in [5.74, 6) is 0.811. The third kappa shape index (κ3) is 4.92. The quantitative estimate of drug-likeness (QED) is 0.718. The smallest absolute Gasteiger partial charge is 0.125 e. The Kier molecular flexibility index (Phi) is 6.37. The van der Waals surface area contributed by atoms with Crippen LogP contribution in [-0.4, -0.2) is 6.54 Å². The number of halogens is 2. The third-order valence-electron chi connectivity index (χ3n) is 3.09. The van der Waals surface area contributed by atoms with Crippen molar-refractivity contribution < 1.29 is 4.74 Å². The van der Waals surface area contributed by atoms with E-state index in [-0.39, 0.29) is 0 Å². The van der Waals surface area contributed by atoms with Crippen LogP contribution in [0.2, 0.25) is 10.0 Å². The zero-order valence-electron chi connectivity index (χ0n) is 12.0. The van der Waals surface area contributed by atoms with Gasteiger partial charge in [0.1, 0.15) is 12.4 Å². The SMILES string of the molecule is CCCNCc1c(Cl)cccc1OCc1cccc(Cl)c1. The molecule has 0 aliphatic carbocycles. The maximum atomic E-state index is 6.27. The molecular weight excluding hydrogens is 305 g/mol. The molecular formula is C17H19Cl2NO. The van der Waals surface area contributed by atoms with Crippen molar-refractivity contribution in [1.82, 2.24) is 5.32 Å². The number of ether oxygens (including phenoxy) is 1. The highest BCUT2D eigenvalue weighted by Gasteiger charge is 2.08. The van der Waals surface area contributed by atoms with Crippen LogP contribution in [0.4, 0.5) is 0 Å². The zero-order chi connectivity index (χ0) is 15.1. The molecule has 0 spiro atoms. The van der Waals surface area contributed by atoms with Crippen LogP contribution in [0.25, 0.3) is 0 Å². The molecule has 4 heteroatoms. The molecule has 2 aromatic carbocycles. The van der Waals surface area contributed by atoms with Gasteiger partial charge in [-0.25, -0.2) is 0 Å². The number of hydrogen-bond acceptors (Lipinski definition) is 2. The first kappa shape index (κ1) is 16.2. The first-order valence-corrected chi connectivity index (χ1v) is 7.81. The Hall–Kier alpha value is -1.22. The van der Waals surface area contributed by atoms with Gasteiger partial charge in [-0.05, 0) is 42.8 Å². The lowest BCUT2D eigenvalue weighted by atomic mass is 10.2. The van der Waals surface area contributed by atoms with Crippen molar-refractivity contribution in [3.63, 3.8) is 0 Å². The molecule has 0 heterocycles. The van der Waals surface area contributed by atoms with Gasteiger partial charge in [-0.15, -0.1) is 0 Å². The van der Waals surface area contributed by atoms with Crippen molar-refractivity contribution in [2.24, 2.45) is 0 Å². The molecule has 0 amide bonds. The van der Waals surface area contributed by atoms with Crippen LogP contribution in [0.15, 0.2) is 42.5 Å². The molecule has 0 radical (unpaired) electrons. The lowest BCUT2D eigenvalue weighted by Gasteiger charge is -2.14. The Morgan fingerprint density at radius 1 is 1.10 bits per heavy atom. The van der Waals surface area contributed by atoms with Crippen molar-refractivity contribution in [2.45, 2.75) is 26.5 Å². The summed E-state index contributed by atoms with van der Waals surface area (Å²) in [6.45, 7) is 4.27. The summed E-state index contributed by atoms with van der Waals surface area (Å²) in [5.41, 5.74) is 2.03. The second kappa shape index (κ2) is 8.28. The van der Waals surface area contributed by atoms with Crippen LogP contribution in [0.5, 0.6) is 5.75 Å². The topological polar surface area (TPSA) is 21.3 Å². The number of benzene rings is 2. The average molecular weight is 324 g/mol. The highest BCUT2D eigenvalue weighted by atomic mass is 35.5. The molecule has 0 fully saturated rings. The molecule has 0 saturated heterocycles. The molecule has 0 aliphatic heterocycles. The Bertz CT molecular complexity index is 587. The summed E-state index contributed by atoms with van der Waals surface area (Å²) in [5, 5.41) is 4.79. The Balaban J connectivity index is 2.06. The minimum absolute atomic E-state index is 0.474. The first-order valence-electron chi connectivity index (χ1n) is 7.06. The lowest BCUT2D eigenvalue weighted by Crippen LogP contribution is -2.15. The minimum atomic E-state index is 0.474. The van der Waals surface area contributed by atoms with E-state index in [0.29, 0.717) is 18.2 Å². The summed E-state index contributed by atoms with van der Waals surface area (Å²) < 4.78 is 5.91. The molecule has 0 unspecified atom stereocenters. The standard InChI is InChI=1S/C17H19Cl2NO/c1-2-9-20-11-15-16(19)7-4-8-17(15)21-12-13-5-3-6-14(18)10-13/h3-8,10,20H,2,9,11-12H2,1H3. The van der Waals surface area contributed by atoms with E-state index < -0.39 is 0 Å². The van der Waals surface area contributed by atoms with E-state index in [1.807, 2.05) is 42.5 Å². The molecule has 112 valence electrons. The second-order valence-electron chi connectivity index (χ2n) is 4.81. The van der Waals surface area contributed by atoms with Gasteiger partial charge in [-0.3, -0.25) is 0 Å². The van der Waals surface area contributed by atoms with Crippen molar-refractivity contribution >= 4 is 23.2 Å². The summed E-state index contributed by atoms with van der Waals surface area (Å²) in [4.78, 5) is 0. The zero-order valence-corrected chi connectivity index (χ0v) is 13.5. The van der Waals surface area contributed by atoms with E-state index in [1.54, 1.807) is 0 Å². The molecule has 2 nitrogen and oxygen atoms in total. The number of nitrogens with one attached hydrogen (secondary N) is 1. The molecule has 0 atom stereocenters. The largest absolute Gasteiger partial charge is 0.489 e. The highest BCUT2D eigenvalue weighted by molar-refractivity contribution is 6.31. The van der Waals surface area contributed by atoms with Crippen LogP contribution < -0.4 is 10.1 Å². The van der Waals surface area contributed by atoms with Crippen LogP contribution in [0, 0.1) is 0 Å². The summed E-state index contributed by atoms with van der Waals surface area (Å²) in [6, 6.07) is 13.4. The van der Waals surface area contributed by atoms with Crippen LogP contribution in [0.1, 0.15) is 24.5 Å². The minimum Gasteiger partial charge on any atom is -0.489 e. The van der Waals surface area contributed by atoms with E-state index >= 15 is 0 Å². The van der Waals surface area contributed by atoms with Gasteiger partial charge in [-0.2, -0.15) is 0 Å². The van der Waals surface area contributed by atoms with Crippen LogP contribution in [0.3, 0.4) is 0 Å². The fourth-order valence-electron chi connectivity index (χ4n) is 2.02. The maximum Gasteiger partial charge on any atom is 0.125 e. The van der Waals surface area contributed by atoms with Gasteiger partial charge in [0.05, 0.1) is 0 Å². The van der Waals surface area contributed by atoms with E-state index in [4.69, 9.17) is 27.9 Å². The third-order valence-corrected chi connectivity index (χ3v) is 3.68. The van der Waals surface area contributed by atoms with Gasteiger partial charge in [0.15, 0.2) is 0 Å². The van der Waals surface area contributed by atoms with Gasteiger partial charge in [0.25, 0.3) is 0 Å². The maximum absolute atomic E-state index is 6.27. The van der Waals surface area contributed by atoms with Gasteiger partial charge >= 0.3 is 0 Å². The predicted octanol–water partition coefficient (Wildman–Crippen LogP) is 5.07. The fourth-order valence-corrected chi connectivity index (χ4v) is 2.47. The summed E-state index contributed by atoms with van der Waals surface area (Å²) >= 11 is 12.3. The monoisotopic (exact) mass is 323 g/mol. The molecule has 0 aromatic heterocycles. The molecule has 0 saturated carbocycles. The highest BCUT2D eigenvalue weighted by Crippen LogP contribution is 2.27. The summed E-state index contributed by atoms with van der Waals surface area (Å²) in [6.07, 6.45) is 1.09. The second-order valence-corrected chi connectivity index (χ2v) is 5.66. The van der Waals surface area contributed by atoms with Gasteiger partial charge in [-0.1, -0.05) is 48.3 Å². The van der Waals surface area contributed by atoms with Crippen molar-refractivity contribution in [2.75, 3.05) is 6.54 Å². The Labute approximate surface area is 136 Å². The average Bonchev–Trinajstić information content (AvgIpc) is 2.47. The van der Waals surface area contributed by atoms with E-state index in [2.05, 4.69) is 12.2 Å². The van der Waals surface area contributed by atoms with Crippen molar-refractivity contribution in [3.8, 4) is 5.75 Å². The molecule has 0 bridgehead atoms. The van der Waals surface area contributed by atoms with Crippen molar-refractivity contribution in [3.05, 3.63) is 63.6 Å². The Morgan fingerprint density at radius 2 is 1.90 bits per heavy atom. The molecule has 0 aliphatic rings. The fraction of sp³-hybridized carbons (Fsp3) is 0.294. The van der Waals surface area contributed by atoms with Gasteiger partial charge in [0, 0.05) is 22.2 Å². The molecule has 21 heavy (non-hydrogen) atoms. The van der Waals surface area contributed by atoms with E-state index in [9.17, 15) is 0 Å². The normalized spacial score (nSPS) is 10.6. The van der Waals surface area contributed by atoms with Crippen LogP contribution >= 0.6 is 23.2 Å². The molecule has 1 N–H and O–H groups in total. The van der Waals surface area contributed by atoms with Gasteiger partial charge in [0.2, 0.25) is 0 Å². The molecule has 2 aromatic rings. The van der Waals surface area contributed by atoms with Gasteiger partial charge < -0.3 is 10.1 Å². The van der Waals surface area contributed by atoms with E-state index in [1.165, 1.54) is 0 Å². The summed E-state index contributed by atoms with van der Waals surface area (Å²) in [7, 11) is 0. The molecule has 2 rings (SSSR count). The number of rotatable bonds is 7. The van der Waals surface area contributed by atoms with Crippen LogP contribution in [-0.2, 0) is 13.2 Å². The lowest BCUT2D eigenvalue weighted by molar-refractivity contribution is 0.302. The Morgan fingerprint density at radius 3 is 2.67 bits per heavy atom. The van der Waals surface area contributed by atoms with E-state index in [0.717, 1.165) is 34.9 Å². The first-order chi connectivity index (χ1) is 10.2. The number of hydrogen-bond donors (Lipinski definition) is 1. The predicted molar refractivity (Wildman–Crippen MR) is 89.2 cm³/mol. The van der Waals surface area contributed by atoms with Crippen molar-refractivity contribution in [1.29, 1.82) is 0 Å².